The normalized spacial score (nSPS) is 11.5. The van der Waals surface area contributed by atoms with Crippen LogP contribution in [0.4, 0.5) is 0 Å². The van der Waals surface area contributed by atoms with Gasteiger partial charge >= 0.3 is 5.97 Å². The highest BCUT2D eigenvalue weighted by Gasteiger charge is 1.98. The molecule has 0 aromatic heterocycles. The van der Waals surface area contributed by atoms with Crippen molar-refractivity contribution in [3.05, 3.63) is 24.3 Å². The molecule has 0 aliphatic heterocycles. The molecule has 21 heavy (non-hydrogen) atoms. The van der Waals surface area contributed by atoms with Gasteiger partial charge in [-0.3, -0.25) is 4.79 Å². The zero-order valence-corrected chi connectivity index (χ0v) is 14.8. The average molecular weight is 312 g/mol. The number of carbonyl (C=O) groups excluding carboxylic acids is 1. The Balaban J connectivity index is 3.20. The van der Waals surface area contributed by atoms with Crippen LogP contribution in [0.5, 0.6) is 0 Å². The lowest BCUT2D eigenvalue weighted by Gasteiger charge is -1.99. The minimum Gasteiger partial charge on any atom is -0.452 e. The number of rotatable bonds is 14. The number of hydrogen-bond acceptors (Lipinski definition) is 2. The lowest BCUT2D eigenvalue weighted by molar-refractivity contribution is -0.133. The van der Waals surface area contributed by atoms with Gasteiger partial charge in [-0.05, 0) is 38.5 Å². The summed E-state index contributed by atoms with van der Waals surface area (Å²) in [6.45, 7) is 2.24. The molecule has 0 amide bonds. The summed E-state index contributed by atoms with van der Waals surface area (Å²) in [5.41, 5.74) is 0. The first-order chi connectivity index (χ1) is 10.3. The second-order valence-electron chi connectivity index (χ2n) is 5.47. The fourth-order valence-electron chi connectivity index (χ4n) is 2.14. The Morgan fingerprint density at radius 2 is 1.43 bits per heavy atom. The third-order valence-corrected chi connectivity index (χ3v) is 3.73. The van der Waals surface area contributed by atoms with E-state index in [2.05, 4.69) is 35.8 Å². The molecule has 0 aromatic rings. The first-order valence-electron chi connectivity index (χ1n) is 8.50. The molecular formula is C18H33O2P. The second kappa shape index (κ2) is 17.4. The van der Waals surface area contributed by atoms with E-state index in [1.165, 1.54) is 51.4 Å². The highest BCUT2D eigenvalue weighted by atomic mass is 31.0. The number of unbranched alkanes of at least 4 members (excludes halogenated alkanes) is 8. The van der Waals surface area contributed by atoms with Crippen molar-refractivity contribution in [3.8, 4) is 0 Å². The van der Waals surface area contributed by atoms with E-state index >= 15 is 0 Å². The topological polar surface area (TPSA) is 26.3 Å². The molecule has 3 heteroatoms. The van der Waals surface area contributed by atoms with Crippen LogP contribution in [0, 0.1) is 0 Å². The van der Waals surface area contributed by atoms with Crippen LogP contribution < -0.4 is 0 Å². The fourth-order valence-corrected chi connectivity index (χ4v) is 2.26. The highest BCUT2D eigenvalue weighted by Crippen LogP contribution is 2.09. The Morgan fingerprint density at radius 1 is 0.857 bits per heavy atom. The first kappa shape index (κ1) is 20.4. The minimum atomic E-state index is -0.120. The molecule has 0 heterocycles. The smallest absolute Gasteiger partial charge is 0.307 e. The van der Waals surface area contributed by atoms with Gasteiger partial charge in [0.05, 0.1) is 9.47 Å². The molecule has 0 fully saturated rings. The van der Waals surface area contributed by atoms with Gasteiger partial charge in [-0.2, -0.15) is 0 Å². The monoisotopic (exact) mass is 312 g/mol. The summed E-state index contributed by atoms with van der Waals surface area (Å²) in [6, 6.07) is 0. The van der Waals surface area contributed by atoms with Crippen molar-refractivity contribution in [1.82, 2.24) is 0 Å². The molecule has 1 unspecified atom stereocenters. The van der Waals surface area contributed by atoms with Crippen LogP contribution in [0.3, 0.4) is 0 Å². The SMILES string of the molecule is CCCCC/C=C\C/C=C\CCCCCCCC(=O)OP. The lowest BCUT2D eigenvalue weighted by Crippen LogP contribution is -1.95. The molecule has 2 nitrogen and oxygen atoms in total. The summed E-state index contributed by atoms with van der Waals surface area (Å²) in [7, 11) is 2.01. The van der Waals surface area contributed by atoms with Gasteiger partial charge in [-0.1, -0.05) is 63.3 Å². The van der Waals surface area contributed by atoms with Crippen LogP contribution in [0.2, 0.25) is 0 Å². The van der Waals surface area contributed by atoms with Crippen molar-refractivity contribution in [3.63, 3.8) is 0 Å². The molecule has 0 aliphatic carbocycles. The predicted octanol–water partition coefficient (Wildman–Crippen LogP) is 6.13. The predicted molar refractivity (Wildman–Crippen MR) is 95.2 cm³/mol. The van der Waals surface area contributed by atoms with E-state index in [1.54, 1.807) is 0 Å². The number of hydrogen-bond donors (Lipinski definition) is 0. The van der Waals surface area contributed by atoms with Crippen molar-refractivity contribution in [2.24, 2.45) is 0 Å². The van der Waals surface area contributed by atoms with E-state index < -0.39 is 0 Å². The van der Waals surface area contributed by atoms with Gasteiger partial charge in [0.1, 0.15) is 0 Å². The quantitative estimate of drug-likeness (QED) is 0.219. The van der Waals surface area contributed by atoms with Gasteiger partial charge in [-0.15, -0.1) is 0 Å². The third-order valence-electron chi connectivity index (χ3n) is 3.46. The number of allylic oxidation sites excluding steroid dienone is 4. The number of carbonyl (C=O) groups is 1. The molecule has 0 spiro atoms. The van der Waals surface area contributed by atoms with E-state index in [0.717, 1.165) is 19.3 Å². The molecule has 0 aromatic carbocycles. The molecule has 0 aliphatic rings. The van der Waals surface area contributed by atoms with E-state index in [1.807, 2.05) is 9.47 Å². The van der Waals surface area contributed by atoms with Gasteiger partial charge in [0.25, 0.3) is 0 Å². The van der Waals surface area contributed by atoms with Gasteiger partial charge < -0.3 is 4.52 Å². The van der Waals surface area contributed by atoms with Crippen molar-refractivity contribution < 1.29 is 9.32 Å². The van der Waals surface area contributed by atoms with E-state index in [4.69, 9.17) is 0 Å². The van der Waals surface area contributed by atoms with E-state index in [0.29, 0.717) is 6.42 Å². The van der Waals surface area contributed by atoms with Crippen LogP contribution >= 0.6 is 9.47 Å². The summed E-state index contributed by atoms with van der Waals surface area (Å²) in [5.74, 6) is -0.120. The molecule has 0 N–H and O–H groups in total. The van der Waals surface area contributed by atoms with Crippen molar-refractivity contribution >= 4 is 15.4 Å². The van der Waals surface area contributed by atoms with Crippen molar-refractivity contribution in [1.29, 1.82) is 0 Å². The molecule has 0 saturated carbocycles. The largest absolute Gasteiger partial charge is 0.452 e. The van der Waals surface area contributed by atoms with Crippen molar-refractivity contribution in [2.45, 2.75) is 84.0 Å². The third kappa shape index (κ3) is 17.3. The van der Waals surface area contributed by atoms with Gasteiger partial charge in [-0.25, -0.2) is 0 Å². The fraction of sp³-hybridized carbons (Fsp3) is 0.722. The maximum Gasteiger partial charge on any atom is 0.307 e. The molecule has 1 atom stereocenters. The first-order valence-corrected chi connectivity index (χ1v) is 8.98. The summed E-state index contributed by atoms with van der Waals surface area (Å²) in [4.78, 5) is 10.9. The molecule has 122 valence electrons. The average Bonchev–Trinajstić information content (AvgIpc) is 2.50. The summed E-state index contributed by atoms with van der Waals surface area (Å²) in [5, 5.41) is 0. The van der Waals surface area contributed by atoms with Crippen LogP contribution in [0.15, 0.2) is 24.3 Å². The standard InChI is InChI=1S/C18H33O2P/c1-2-3-4-5-6-7-8-9-10-11-12-13-14-15-16-17-18(19)20-21/h6-7,9-10H,2-5,8,11-17,21H2,1H3/b7-6-,10-9-. The van der Waals surface area contributed by atoms with Crippen molar-refractivity contribution in [2.75, 3.05) is 0 Å². The Hall–Kier alpha value is -0.620. The zero-order valence-electron chi connectivity index (χ0n) is 13.7. The summed E-state index contributed by atoms with van der Waals surface area (Å²) < 4.78 is 4.53. The molecule has 0 rings (SSSR count). The van der Waals surface area contributed by atoms with Crippen LogP contribution in [0.1, 0.15) is 84.0 Å². The lowest BCUT2D eigenvalue weighted by atomic mass is 10.1. The Kier molecular flexibility index (Phi) is 16.9. The van der Waals surface area contributed by atoms with Gasteiger partial charge in [0.15, 0.2) is 0 Å². The zero-order chi connectivity index (χ0) is 15.6. The maximum atomic E-state index is 10.9. The van der Waals surface area contributed by atoms with Gasteiger partial charge in [0.2, 0.25) is 0 Å². The van der Waals surface area contributed by atoms with E-state index in [9.17, 15) is 4.79 Å². The highest BCUT2D eigenvalue weighted by molar-refractivity contribution is 7.10. The Bertz CT molecular complexity index is 285. The summed E-state index contributed by atoms with van der Waals surface area (Å²) in [6.07, 6.45) is 23.0. The second-order valence-corrected chi connectivity index (χ2v) is 5.71. The Labute approximate surface area is 133 Å². The molecule has 0 saturated heterocycles. The summed E-state index contributed by atoms with van der Waals surface area (Å²) >= 11 is 0. The molecule has 0 bridgehead atoms. The Morgan fingerprint density at radius 3 is 2.05 bits per heavy atom. The van der Waals surface area contributed by atoms with Crippen LogP contribution in [0.25, 0.3) is 0 Å². The molecule has 0 radical (unpaired) electrons. The maximum absolute atomic E-state index is 10.9. The van der Waals surface area contributed by atoms with Gasteiger partial charge in [0, 0.05) is 6.42 Å². The van der Waals surface area contributed by atoms with E-state index in [-0.39, 0.29) is 5.97 Å². The minimum absolute atomic E-state index is 0.120. The molecular weight excluding hydrogens is 279 g/mol. The van der Waals surface area contributed by atoms with Crippen LogP contribution in [-0.2, 0) is 9.32 Å². The van der Waals surface area contributed by atoms with Crippen LogP contribution in [-0.4, -0.2) is 5.97 Å².